The van der Waals surface area contributed by atoms with Crippen molar-refractivity contribution in [2.75, 3.05) is 17.7 Å². The fourth-order valence-electron chi connectivity index (χ4n) is 3.02. The molecule has 0 saturated heterocycles. The number of thiophene rings is 1. The monoisotopic (exact) mass is 488 g/mol. The van der Waals surface area contributed by atoms with Gasteiger partial charge in [0.05, 0.1) is 17.9 Å². The normalized spacial score (nSPS) is 10.8. The fraction of sp³-hybridized carbons (Fsp3) is 0.391. The van der Waals surface area contributed by atoms with Crippen LogP contribution in [-0.4, -0.2) is 39.0 Å². The van der Waals surface area contributed by atoms with E-state index >= 15 is 0 Å². The highest BCUT2D eigenvalue weighted by Gasteiger charge is 2.22. The lowest BCUT2D eigenvalue weighted by molar-refractivity contribution is -0.113. The molecule has 8 nitrogen and oxygen atoms in total. The maximum Gasteiger partial charge on any atom is 0.341 e. The van der Waals surface area contributed by atoms with Gasteiger partial charge in [0.25, 0.3) is 0 Å². The van der Waals surface area contributed by atoms with Crippen LogP contribution in [-0.2, 0) is 29.6 Å². The van der Waals surface area contributed by atoms with Crippen LogP contribution in [0.4, 0.5) is 5.00 Å². The van der Waals surface area contributed by atoms with Crippen LogP contribution >= 0.6 is 23.1 Å². The Morgan fingerprint density at radius 1 is 1.15 bits per heavy atom. The van der Waals surface area contributed by atoms with Gasteiger partial charge in [0.2, 0.25) is 5.91 Å². The Bertz CT molecular complexity index is 1120. The number of nitrogens with one attached hydrogen (secondary N) is 1. The Hall–Kier alpha value is -2.85. The van der Waals surface area contributed by atoms with Gasteiger partial charge in [-0.05, 0) is 50.5 Å². The van der Waals surface area contributed by atoms with Crippen LogP contribution < -0.4 is 10.1 Å². The minimum Gasteiger partial charge on any atom is -0.486 e. The molecule has 0 atom stereocenters. The van der Waals surface area contributed by atoms with Crippen LogP contribution in [0.5, 0.6) is 5.75 Å². The Balaban J connectivity index is 1.57. The summed E-state index contributed by atoms with van der Waals surface area (Å²) in [6, 6.07) is 7.95. The van der Waals surface area contributed by atoms with Crippen molar-refractivity contribution < 1.29 is 19.1 Å². The maximum atomic E-state index is 12.6. The molecule has 2 heterocycles. The SMILES string of the molecule is CCOC(=O)c1c(NC(=O)CSc2nnc(COc3ccc(CC)cc3)n2C)sc(C)c1C. The zero-order chi connectivity index (χ0) is 24.0. The largest absolute Gasteiger partial charge is 0.486 e. The standard InChI is InChI=1S/C23H28N4O4S2/c1-6-16-8-10-17(11-9-16)31-12-18-25-26-23(27(18)5)32-13-19(28)24-21-20(22(29)30-7-2)14(3)15(4)33-21/h8-11H,6-7,12-13H2,1-5H3,(H,24,28). The van der Waals surface area contributed by atoms with E-state index in [9.17, 15) is 9.59 Å². The minimum absolute atomic E-state index is 0.129. The van der Waals surface area contributed by atoms with Gasteiger partial charge in [0, 0.05) is 11.9 Å². The fourth-order valence-corrected chi connectivity index (χ4v) is 4.82. The van der Waals surface area contributed by atoms with Gasteiger partial charge >= 0.3 is 5.97 Å². The van der Waals surface area contributed by atoms with Gasteiger partial charge in [0.1, 0.15) is 17.4 Å². The molecule has 3 rings (SSSR count). The van der Waals surface area contributed by atoms with E-state index in [1.165, 1.54) is 28.7 Å². The molecular weight excluding hydrogens is 460 g/mol. The summed E-state index contributed by atoms with van der Waals surface area (Å²) in [5.41, 5.74) is 2.49. The Labute approximate surface area is 201 Å². The van der Waals surface area contributed by atoms with Crippen molar-refractivity contribution in [1.29, 1.82) is 0 Å². The molecule has 33 heavy (non-hydrogen) atoms. The van der Waals surface area contributed by atoms with Crippen molar-refractivity contribution in [2.45, 2.75) is 45.9 Å². The van der Waals surface area contributed by atoms with Crippen molar-refractivity contribution in [1.82, 2.24) is 14.8 Å². The van der Waals surface area contributed by atoms with E-state index in [0.29, 0.717) is 21.5 Å². The van der Waals surface area contributed by atoms with Gasteiger partial charge < -0.3 is 19.4 Å². The summed E-state index contributed by atoms with van der Waals surface area (Å²) in [6.45, 7) is 8.18. The molecule has 0 spiro atoms. The first-order valence-electron chi connectivity index (χ1n) is 10.6. The number of benzene rings is 1. The quantitative estimate of drug-likeness (QED) is 0.331. The lowest BCUT2D eigenvalue weighted by Gasteiger charge is -2.08. The predicted octanol–water partition coefficient (Wildman–Crippen LogP) is 4.54. The van der Waals surface area contributed by atoms with Gasteiger partial charge in [-0.25, -0.2) is 4.79 Å². The number of rotatable bonds is 10. The Morgan fingerprint density at radius 2 is 1.88 bits per heavy atom. The summed E-state index contributed by atoms with van der Waals surface area (Å²) < 4.78 is 12.7. The van der Waals surface area contributed by atoms with Crippen LogP contribution in [0.15, 0.2) is 29.4 Å². The molecule has 1 amide bonds. The molecule has 0 aliphatic heterocycles. The Morgan fingerprint density at radius 3 is 2.55 bits per heavy atom. The van der Waals surface area contributed by atoms with E-state index in [4.69, 9.17) is 9.47 Å². The molecule has 10 heteroatoms. The Kier molecular flexibility index (Phi) is 8.51. The van der Waals surface area contributed by atoms with Crippen LogP contribution in [0.2, 0.25) is 0 Å². The molecule has 0 fully saturated rings. The smallest absolute Gasteiger partial charge is 0.341 e. The third kappa shape index (κ3) is 6.14. The molecule has 0 bridgehead atoms. The van der Waals surface area contributed by atoms with Crippen LogP contribution in [0.25, 0.3) is 0 Å². The number of carbonyl (C=O) groups excluding carboxylic acids is 2. The highest BCUT2D eigenvalue weighted by atomic mass is 32.2. The van der Waals surface area contributed by atoms with E-state index in [2.05, 4.69) is 22.4 Å². The third-order valence-corrected chi connectivity index (χ3v) is 7.22. The summed E-state index contributed by atoms with van der Waals surface area (Å²) in [5.74, 6) is 0.895. The maximum absolute atomic E-state index is 12.6. The first kappa shape index (κ1) is 24.8. The van der Waals surface area contributed by atoms with E-state index in [1.807, 2.05) is 49.7 Å². The number of thioether (sulfide) groups is 1. The molecule has 0 saturated carbocycles. The number of anilines is 1. The number of hydrogen-bond donors (Lipinski definition) is 1. The molecule has 0 aliphatic rings. The molecule has 1 N–H and O–H groups in total. The highest BCUT2D eigenvalue weighted by molar-refractivity contribution is 7.99. The van der Waals surface area contributed by atoms with E-state index in [0.717, 1.165) is 22.6 Å². The van der Waals surface area contributed by atoms with Crippen molar-refractivity contribution >= 4 is 40.0 Å². The van der Waals surface area contributed by atoms with Crippen LogP contribution in [0, 0.1) is 13.8 Å². The molecule has 2 aromatic heterocycles. The summed E-state index contributed by atoms with van der Waals surface area (Å²) in [5, 5.41) is 12.3. The molecule has 0 radical (unpaired) electrons. The summed E-state index contributed by atoms with van der Waals surface area (Å²) in [7, 11) is 1.84. The van der Waals surface area contributed by atoms with Crippen LogP contribution in [0.3, 0.4) is 0 Å². The number of nitrogens with zero attached hydrogens (tertiary/aromatic N) is 3. The minimum atomic E-state index is -0.426. The molecular formula is C23H28N4O4S2. The van der Waals surface area contributed by atoms with Gasteiger partial charge in [-0.3, -0.25) is 4.79 Å². The van der Waals surface area contributed by atoms with Gasteiger partial charge in [-0.2, -0.15) is 0 Å². The summed E-state index contributed by atoms with van der Waals surface area (Å²) in [6.07, 6.45) is 0.980. The van der Waals surface area contributed by atoms with E-state index < -0.39 is 5.97 Å². The predicted molar refractivity (Wildman–Crippen MR) is 130 cm³/mol. The van der Waals surface area contributed by atoms with Crippen LogP contribution in [0.1, 0.15) is 46.0 Å². The average Bonchev–Trinajstić information content (AvgIpc) is 3.29. The molecule has 0 aliphatic carbocycles. The third-order valence-electron chi connectivity index (χ3n) is 5.07. The average molecular weight is 489 g/mol. The van der Waals surface area contributed by atoms with Crippen molar-refractivity contribution in [3.8, 4) is 5.75 Å². The molecule has 176 valence electrons. The number of ether oxygens (including phenoxy) is 2. The second-order valence-electron chi connectivity index (χ2n) is 7.29. The number of carbonyl (C=O) groups is 2. The zero-order valence-corrected chi connectivity index (χ0v) is 21.1. The van der Waals surface area contributed by atoms with Gasteiger partial charge in [0.15, 0.2) is 11.0 Å². The molecule has 3 aromatic rings. The lowest BCUT2D eigenvalue weighted by Crippen LogP contribution is -2.16. The van der Waals surface area contributed by atoms with Crippen molar-refractivity contribution in [3.05, 3.63) is 51.7 Å². The summed E-state index contributed by atoms with van der Waals surface area (Å²) >= 11 is 2.63. The van der Waals surface area contributed by atoms with E-state index in [-0.39, 0.29) is 24.9 Å². The number of amides is 1. The highest BCUT2D eigenvalue weighted by Crippen LogP contribution is 2.33. The number of esters is 1. The first-order chi connectivity index (χ1) is 15.8. The lowest BCUT2D eigenvalue weighted by atomic mass is 10.1. The van der Waals surface area contributed by atoms with Gasteiger partial charge in [-0.1, -0.05) is 30.8 Å². The summed E-state index contributed by atoms with van der Waals surface area (Å²) in [4.78, 5) is 25.8. The first-order valence-corrected chi connectivity index (χ1v) is 12.4. The van der Waals surface area contributed by atoms with Gasteiger partial charge in [-0.15, -0.1) is 21.5 Å². The number of hydrogen-bond acceptors (Lipinski definition) is 8. The topological polar surface area (TPSA) is 95.3 Å². The van der Waals surface area contributed by atoms with Crippen molar-refractivity contribution in [2.24, 2.45) is 7.05 Å². The molecule has 1 aromatic carbocycles. The number of aryl methyl sites for hydroxylation is 2. The van der Waals surface area contributed by atoms with Crippen molar-refractivity contribution in [3.63, 3.8) is 0 Å². The molecule has 0 unspecified atom stereocenters. The van der Waals surface area contributed by atoms with E-state index in [1.54, 1.807) is 6.92 Å². The second kappa shape index (κ2) is 11.3. The number of aromatic nitrogens is 3. The zero-order valence-electron chi connectivity index (χ0n) is 19.4. The second-order valence-corrected chi connectivity index (χ2v) is 9.46.